The van der Waals surface area contributed by atoms with E-state index in [1.165, 1.54) is 12.1 Å². The SMILES string of the molecule is Nc1ccc(/N=N/c2ccc(N=O)c(F)c2)cc1. The summed E-state index contributed by atoms with van der Waals surface area (Å²) in [6.07, 6.45) is 0. The summed E-state index contributed by atoms with van der Waals surface area (Å²) in [6, 6.07) is 10.6. The average Bonchev–Trinajstić information content (AvgIpc) is 2.38. The van der Waals surface area contributed by atoms with E-state index in [0.29, 0.717) is 17.1 Å². The Morgan fingerprint density at radius 2 is 1.56 bits per heavy atom. The van der Waals surface area contributed by atoms with Crippen LogP contribution in [0.5, 0.6) is 0 Å². The predicted molar refractivity (Wildman–Crippen MR) is 66.9 cm³/mol. The predicted octanol–water partition coefficient (Wildman–Crippen LogP) is 4.22. The maximum Gasteiger partial charge on any atom is 0.154 e. The number of nitroso groups, excluding NO2 is 1. The molecule has 0 amide bonds. The molecule has 90 valence electrons. The molecule has 0 heterocycles. The maximum atomic E-state index is 13.2. The lowest BCUT2D eigenvalue weighted by Gasteiger charge is -1.96. The van der Waals surface area contributed by atoms with Gasteiger partial charge in [-0.05, 0) is 41.6 Å². The van der Waals surface area contributed by atoms with Crippen molar-refractivity contribution in [3.05, 3.63) is 53.2 Å². The summed E-state index contributed by atoms with van der Waals surface area (Å²) in [7, 11) is 0. The van der Waals surface area contributed by atoms with E-state index < -0.39 is 5.82 Å². The Bertz CT molecular complexity index is 596. The molecule has 6 heteroatoms. The van der Waals surface area contributed by atoms with Gasteiger partial charge in [-0.15, -0.1) is 4.91 Å². The molecule has 0 spiro atoms. The highest BCUT2D eigenvalue weighted by molar-refractivity contribution is 5.50. The van der Waals surface area contributed by atoms with E-state index in [-0.39, 0.29) is 5.69 Å². The first-order chi connectivity index (χ1) is 8.69. The molecule has 0 saturated carbocycles. The number of nitrogens with zero attached hydrogens (tertiary/aromatic N) is 3. The number of hydrogen-bond acceptors (Lipinski definition) is 5. The second-order valence-corrected chi connectivity index (χ2v) is 3.52. The van der Waals surface area contributed by atoms with Crippen LogP contribution in [0.25, 0.3) is 0 Å². The fourth-order valence-corrected chi connectivity index (χ4v) is 1.29. The number of azo groups is 1. The highest BCUT2D eigenvalue weighted by atomic mass is 19.1. The first kappa shape index (κ1) is 11.8. The van der Waals surface area contributed by atoms with Crippen LogP contribution in [-0.4, -0.2) is 0 Å². The van der Waals surface area contributed by atoms with Gasteiger partial charge in [0, 0.05) is 11.8 Å². The number of halogens is 1. The molecule has 5 nitrogen and oxygen atoms in total. The topological polar surface area (TPSA) is 80.2 Å². The number of anilines is 1. The van der Waals surface area contributed by atoms with Crippen LogP contribution in [0.3, 0.4) is 0 Å². The Morgan fingerprint density at radius 1 is 0.944 bits per heavy atom. The normalized spacial score (nSPS) is 10.7. The summed E-state index contributed by atoms with van der Waals surface area (Å²) in [6.45, 7) is 0. The van der Waals surface area contributed by atoms with Crippen LogP contribution >= 0.6 is 0 Å². The van der Waals surface area contributed by atoms with Gasteiger partial charge in [0.2, 0.25) is 0 Å². The van der Waals surface area contributed by atoms with Crippen molar-refractivity contribution in [1.29, 1.82) is 0 Å². The number of nitrogen functional groups attached to an aromatic ring is 1. The van der Waals surface area contributed by atoms with E-state index in [0.717, 1.165) is 6.07 Å². The highest BCUT2D eigenvalue weighted by Gasteiger charge is 2.02. The zero-order valence-electron chi connectivity index (χ0n) is 9.25. The van der Waals surface area contributed by atoms with E-state index in [4.69, 9.17) is 5.73 Å². The largest absolute Gasteiger partial charge is 0.399 e. The summed E-state index contributed by atoms with van der Waals surface area (Å²) in [4.78, 5) is 10.2. The molecule has 2 rings (SSSR count). The summed E-state index contributed by atoms with van der Waals surface area (Å²) in [5, 5.41) is 10.3. The third kappa shape index (κ3) is 2.73. The fraction of sp³-hybridized carbons (Fsp3) is 0. The number of rotatable bonds is 3. The van der Waals surface area contributed by atoms with Crippen LogP contribution in [0.15, 0.2) is 57.9 Å². The van der Waals surface area contributed by atoms with Crippen LogP contribution in [0.2, 0.25) is 0 Å². The van der Waals surface area contributed by atoms with Crippen molar-refractivity contribution in [2.24, 2.45) is 15.4 Å². The van der Waals surface area contributed by atoms with Crippen LogP contribution in [0, 0.1) is 10.7 Å². The molecule has 0 radical (unpaired) electrons. The van der Waals surface area contributed by atoms with Crippen molar-refractivity contribution >= 4 is 22.7 Å². The van der Waals surface area contributed by atoms with Gasteiger partial charge in [0.1, 0.15) is 5.69 Å². The molecular weight excluding hydrogens is 235 g/mol. The van der Waals surface area contributed by atoms with Crippen molar-refractivity contribution < 1.29 is 4.39 Å². The first-order valence-corrected chi connectivity index (χ1v) is 5.09. The van der Waals surface area contributed by atoms with Gasteiger partial charge < -0.3 is 5.73 Å². The van der Waals surface area contributed by atoms with Gasteiger partial charge in [0.05, 0.1) is 11.4 Å². The minimum absolute atomic E-state index is 0.249. The molecule has 18 heavy (non-hydrogen) atoms. The highest BCUT2D eigenvalue weighted by Crippen LogP contribution is 2.24. The van der Waals surface area contributed by atoms with Crippen molar-refractivity contribution in [3.8, 4) is 0 Å². The lowest BCUT2D eigenvalue weighted by atomic mass is 10.3. The molecule has 0 unspecified atom stereocenters. The molecule has 0 aliphatic heterocycles. The van der Waals surface area contributed by atoms with Gasteiger partial charge in [-0.3, -0.25) is 0 Å². The molecule has 0 saturated heterocycles. The maximum absolute atomic E-state index is 13.2. The standard InChI is InChI=1S/C12H9FN4O/c13-11-7-10(5-6-12(11)17-18)16-15-9-3-1-8(14)2-4-9/h1-7H,14H2/b16-15+. The van der Waals surface area contributed by atoms with Gasteiger partial charge in [-0.2, -0.15) is 10.2 Å². The van der Waals surface area contributed by atoms with Crippen LogP contribution in [-0.2, 0) is 0 Å². The Balaban J connectivity index is 2.21. The Hall–Kier alpha value is -2.63. The van der Waals surface area contributed by atoms with Gasteiger partial charge in [-0.25, -0.2) is 4.39 Å². The first-order valence-electron chi connectivity index (χ1n) is 5.09. The van der Waals surface area contributed by atoms with Crippen molar-refractivity contribution in [3.63, 3.8) is 0 Å². The van der Waals surface area contributed by atoms with Gasteiger partial charge in [-0.1, -0.05) is 0 Å². The Morgan fingerprint density at radius 3 is 2.17 bits per heavy atom. The molecule has 0 aliphatic carbocycles. The molecule has 2 aromatic carbocycles. The van der Waals surface area contributed by atoms with Crippen molar-refractivity contribution in [1.82, 2.24) is 0 Å². The third-order valence-electron chi connectivity index (χ3n) is 2.20. The molecule has 0 bridgehead atoms. The van der Waals surface area contributed by atoms with Crippen LogP contribution in [0.4, 0.5) is 27.1 Å². The molecule has 0 fully saturated rings. The summed E-state index contributed by atoms with van der Waals surface area (Å²) < 4.78 is 13.2. The molecule has 2 aromatic rings. The summed E-state index contributed by atoms with van der Waals surface area (Å²) in [5.41, 5.74) is 6.80. The van der Waals surface area contributed by atoms with Crippen LogP contribution in [0.1, 0.15) is 0 Å². The summed E-state index contributed by atoms with van der Waals surface area (Å²) >= 11 is 0. The number of nitrogens with two attached hydrogens (primary N) is 1. The zero-order valence-corrected chi connectivity index (χ0v) is 9.25. The van der Waals surface area contributed by atoms with Crippen LogP contribution < -0.4 is 5.73 Å². The Kier molecular flexibility index (Phi) is 3.38. The average molecular weight is 244 g/mol. The van der Waals surface area contributed by atoms with E-state index in [1.54, 1.807) is 24.3 Å². The monoisotopic (exact) mass is 244 g/mol. The Labute approximate surface area is 102 Å². The van der Waals surface area contributed by atoms with E-state index in [2.05, 4.69) is 15.4 Å². The smallest absolute Gasteiger partial charge is 0.154 e. The van der Waals surface area contributed by atoms with E-state index in [9.17, 15) is 9.30 Å². The number of benzene rings is 2. The lowest BCUT2D eigenvalue weighted by molar-refractivity contribution is 0.630. The molecule has 0 aromatic heterocycles. The molecule has 0 atom stereocenters. The van der Waals surface area contributed by atoms with Crippen molar-refractivity contribution in [2.75, 3.05) is 5.73 Å². The van der Waals surface area contributed by atoms with E-state index >= 15 is 0 Å². The minimum Gasteiger partial charge on any atom is -0.399 e. The van der Waals surface area contributed by atoms with Gasteiger partial charge >= 0.3 is 0 Å². The molecule has 2 N–H and O–H groups in total. The number of hydrogen-bond donors (Lipinski definition) is 1. The third-order valence-corrected chi connectivity index (χ3v) is 2.20. The summed E-state index contributed by atoms with van der Waals surface area (Å²) in [5.74, 6) is -0.723. The van der Waals surface area contributed by atoms with E-state index in [1.807, 2.05) is 0 Å². The minimum atomic E-state index is -0.723. The molecular formula is C12H9FN4O. The van der Waals surface area contributed by atoms with Gasteiger partial charge in [0.25, 0.3) is 0 Å². The zero-order chi connectivity index (χ0) is 13.0. The van der Waals surface area contributed by atoms with Crippen molar-refractivity contribution in [2.45, 2.75) is 0 Å². The lowest BCUT2D eigenvalue weighted by Crippen LogP contribution is -1.80. The molecule has 0 aliphatic rings. The second kappa shape index (κ2) is 5.13. The quantitative estimate of drug-likeness (QED) is 0.498. The fourth-order valence-electron chi connectivity index (χ4n) is 1.29. The van der Waals surface area contributed by atoms with Gasteiger partial charge in [0.15, 0.2) is 5.82 Å². The second-order valence-electron chi connectivity index (χ2n) is 3.52.